The molecule has 1 aromatic heterocycles. The molecule has 1 amide bonds. The van der Waals surface area contributed by atoms with Crippen LogP contribution in [0.1, 0.15) is 44.6 Å². The number of rotatable bonds is 12. The van der Waals surface area contributed by atoms with Gasteiger partial charge in [-0.05, 0) is 103 Å². The van der Waals surface area contributed by atoms with Crippen LogP contribution in [-0.2, 0) is 13.2 Å². The number of carbonyl (C=O) groups is 1. The molecule has 5 aromatic rings. The van der Waals surface area contributed by atoms with E-state index in [1.165, 1.54) is 5.56 Å². The normalized spacial score (nSPS) is 10.9. The van der Waals surface area contributed by atoms with Crippen LogP contribution in [0.3, 0.4) is 0 Å². The number of amides is 1. The Hall–Kier alpha value is -5.31. The van der Waals surface area contributed by atoms with Gasteiger partial charge >= 0.3 is 11.4 Å². The van der Waals surface area contributed by atoms with E-state index in [2.05, 4.69) is 55.3 Å². The van der Waals surface area contributed by atoms with Crippen LogP contribution in [0.4, 0.5) is 0 Å². The molecule has 5 rings (SSSR count). The number of nitrogens with one attached hydrogen (secondary N) is 2. The van der Waals surface area contributed by atoms with E-state index in [-0.39, 0.29) is 12.5 Å². The Morgan fingerprint density at radius 1 is 0.864 bits per heavy atom. The summed E-state index contributed by atoms with van der Waals surface area (Å²) in [5.74, 6) is 0.639. The number of H-pyrrole nitrogens is 1. The predicted molar refractivity (Wildman–Crippen MR) is 168 cm³/mol. The van der Waals surface area contributed by atoms with Gasteiger partial charge < -0.3 is 19.3 Å². The second kappa shape index (κ2) is 13.8. The maximum Gasteiger partial charge on any atom is 0.440 e. The van der Waals surface area contributed by atoms with Crippen molar-refractivity contribution in [3.05, 3.63) is 139 Å². The molecule has 4 aromatic carbocycles. The monoisotopic (exact) mass is 593 g/mol. The highest BCUT2D eigenvalue weighted by molar-refractivity contribution is 5.94. The fraction of sp³-hybridized carbons (Fsp3) is 0.229. The fourth-order valence-corrected chi connectivity index (χ4v) is 5.13. The number of ether oxygens (including phenoxy) is 2. The topological polar surface area (TPSA) is 116 Å². The molecule has 0 aliphatic rings. The summed E-state index contributed by atoms with van der Waals surface area (Å²) in [7, 11) is 0. The molecule has 0 aliphatic carbocycles. The molecule has 2 N–H and O–H groups in total. The second-order valence-electron chi connectivity index (χ2n) is 10.6. The number of aromatic nitrogens is 2. The van der Waals surface area contributed by atoms with Gasteiger partial charge in [0.05, 0.1) is 13.2 Å². The molecule has 0 aliphatic heterocycles. The average Bonchev–Trinajstić information content (AvgIpc) is 3.33. The van der Waals surface area contributed by atoms with Crippen LogP contribution < -0.4 is 26.2 Å². The Kier molecular flexibility index (Phi) is 9.44. The molecular weight excluding hydrogens is 558 g/mol. The van der Waals surface area contributed by atoms with Gasteiger partial charge in [0.1, 0.15) is 18.1 Å². The van der Waals surface area contributed by atoms with Gasteiger partial charge in [0.15, 0.2) is 0 Å². The summed E-state index contributed by atoms with van der Waals surface area (Å²) < 4.78 is 17.9. The Morgan fingerprint density at radius 3 is 2.27 bits per heavy atom. The molecular formula is C35H35N3O6. The van der Waals surface area contributed by atoms with Gasteiger partial charge in [-0.1, -0.05) is 48.5 Å². The van der Waals surface area contributed by atoms with E-state index in [0.717, 1.165) is 43.9 Å². The van der Waals surface area contributed by atoms with Crippen LogP contribution in [0, 0.1) is 20.8 Å². The van der Waals surface area contributed by atoms with Crippen molar-refractivity contribution in [3.63, 3.8) is 0 Å². The summed E-state index contributed by atoms with van der Waals surface area (Å²) in [5, 5.41) is 2.93. The maximum absolute atomic E-state index is 12.2. The zero-order chi connectivity index (χ0) is 31.1. The molecule has 44 heavy (non-hydrogen) atoms. The van der Waals surface area contributed by atoms with Crippen LogP contribution in [0.2, 0.25) is 0 Å². The Balaban J connectivity index is 1.17. The Labute approximate surface area is 255 Å². The Bertz CT molecular complexity index is 1830. The molecule has 226 valence electrons. The first-order chi connectivity index (χ1) is 21.3. The zero-order valence-electron chi connectivity index (χ0n) is 25.0. The van der Waals surface area contributed by atoms with Gasteiger partial charge in [0.2, 0.25) is 0 Å². The third kappa shape index (κ3) is 7.36. The molecule has 1 heterocycles. The third-order valence-electron chi connectivity index (χ3n) is 7.41. The lowest BCUT2D eigenvalue weighted by molar-refractivity contribution is 0.0951. The first kappa shape index (κ1) is 30.2. The average molecular weight is 594 g/mol. The molecule has 0 saturated heterocycles. The first-order valence-corrected chi connectivity index (χ1v) is 14.5. The SMILES string of the molecule is Cc1cc(OCCCNC(=O)c2ccccc2)cc(C)c1-c1cccc(COc2ccc(Cn3oc(=O)[nH]c3=O)cc2)c1C. The van der Waals surface area contributed by atoms with E-state index < -0.39 is 11.4 Å². The van der Waals surface area contributed by atoms with Crippen molar-refractivity contribution in [1.29, 1.82) is 0 Å². The molecule has 0 unspecified atom stereocenters. The number of nitrogens with zero attached hydrogens (tertiary/aromatic N) is 1. The van der Waals surface area contributed by atoms with Crippen molar-refractivity contribution >= 4 is 5.91 Å². The van der Waals surface area contributed by atoms with Crippen molar-refractivity contribution in [3.8, 4) is 22.6 Å². The minimum absolute atomic E-state index is 0.0811. The van der Waals surface area contributed by atoms with Gasteiger partial charge in [-0.2, -0.15) is 0 Å². The van der Waals surface area contributed by atoms with Gasteiger partial charge in [-0.3, -0.25) is 4.79 Å². The van der Waals surface area contributed by atoms with Gasteiger partial charge in [0, 0.05) is 12.1 Å². The molecule has 0 spiro atoms. The Morgan fingerprint density at radius 2 is 1.59 bits per heavy atom. The van der Waals surface area contributed by atoms with Crippen LogP contribution >= 0.6 is 0 Å². The predicted octanol–water partition coefficient (Wildman–Crippen LogP) is 5.55. The largest absolute Gasteiger partial charge is 0.494 e. The van der Waals surface area contributed by atoms with Crippen molar-refractivity contribution in [1.82, 2.24) is 15.0 Å². The van der Waals surface area contributed by atoms with Gasteiger partial charge in [-0.25, -0.2) is 14.6 Å². The number of benzene rings is 4. The van der Waals surface area contributed by atoms with E-state index in [4.69, 9.17) is 14.0 Å². The van der Waals surface area contributed by atoms with Crippen molar-refractivity contribution in [2.24, 2.45) is 0 Å². The summed E-state index contributed by atoms with van der Waals surface area (Å²) in [5.41, 5.74) is 7.63. The molecule has 0 bridgehead atoms. The summed E-state index contributed by atoms with van der Waals surface area (Å²) in [4.78, 5) is 37.2. The molecule has 0 saturated carbocycles. The van der Waals surface area contributed by atoms with Crippen molar-refractivity contribution in [2.75, 3.05) is 13.2 Å². The minimum atomic E-state index is -0.777. The van der Waals surface area contributed by atoms with E-state index in [1.54, 1.807) is 12.1 Å². The number of hydrogen-bond donors (Lipinski definition) is 2. The molecule has 0 radical (unpaired) electrons. The van der Waals surface area contributed by atoms with Crippen LogP contribution in [0.25, 0.3) is 11.1 Å². The highest BCUT2D eigenvalue weighted by Crippen LogP contribution is 2.34. The summed E-state index contributed by atoms with van der Waals surface area (Å²) >= 11 is 0. The summed E-state index contributed by atoms with van der Waals surface area (Å²) in [6, 6.07) is 26.8. The number of aromatic amines is 1. The number of hydrogen-bond acceptors (Lipinski definition) is 6. The lowest BCUT2D eigenvalue weighted by Crippen LogP contribution is -2.25. The number of aryl methyl sites for hydroxylation is 2. The van der Waals surface area contributed by atoms with Crippen molar-refractivity contribution in [2.45, 2.75) is 40.3 Å². The zero-order valence-corrected chi connectivity index (χ0v) is 25.0. The maximum atomic E-state index is 12.2. The quantitative estimate of drug-likeness (QED) is 0.183. The number of carbonyl (C=O) groups excluding carboxylic acids is 1. The smallest absolute Gasteiger partial charge is 0.440 e. The van der Waals surface area contributed by atoms with Gasteiger partial charge in [-0.15, -0.1) is 4.74 Å². The van der Waals surface area contributed by atoms with E-state index in [0.29, 0.717) is 37.5 Å². The lowest BCUT2D eigenvalue weighted by Gasteiger charge is -2.18. The minimum Gasteiger partial charge on any atom is -0.494 e. The van der Waals surface area contributed by atoms with Crippen molar-refractivity contribution < 1.29 is 18.8 Å². The van der Waals surface area contributed by atoms with Crippen LogP contribution in [-0.4, -0.2) is 28.8 Å². The third-order valence-corrected chi connectivity index (χ3v) is 7.41. The molecule has 9 nitrogen and oxygen atoms in total. The van der Waals surface area contributed by atoms with Crippen LogP contribution in [0.5, 0.6) is 11.5 Å². The highest BCUT2D eigenvalue weighted by Gasteiger charge is 2.14. The van der Waals surface area contributed by atoms with E-state index >= 15 is 0 Å². The second-order valence-corrected chi connectivity index (χ2v) is 10.6. The van der Waals surface area contributed by atoms with Gasteiger partial charge in [0.25, 0.3) is 5.91 Å². The molecule has 9 heteroatoms. The molecule has 0 atom stereocenters. The van der Waals surface area contributed by atoms with E-state index in [9.17, 15) is 14.4 Å². The van der Waals surface area contributed by atoms with E-state index in [1.807, 2.05) is 48.5 Å². The highest BCUT2D eigenvalue weighted by atomic mass is 16.5. The summed E-state index contributed by atoms with van der Waals surface area (Å²) in [6.45, 7) is 7.86. The lowest BCUT2D eigenvalue weighted by atomic mass is 9.90. The summed E-state index contributed by atoms with van der Waals surface area (Å²) in [6.07, 6.45) is 0.702. The molecule has 0 fully saturated rings. The first-order valence-electron chi connectivity index (χ1n) is 14.5. The van der Waals surface area contributed by atoms with Crippen LogP contribution in [0.15, 0.2) is 99.0 Å². The fourth-order valence-electron chi connectivity index (χ4n) is 5.13. The standard InChI is InChI=1S/C35H35N3O6/c1-23-19-30(42-18-8-17-36-33(39)27-9-5-4-6-10-27)20-24(2)32(23)31-12-7-11-28(25(31)3)22-43-29-15-13-26(14-16-29)21-38-34(40)37-35(41)44-38/h4-7,9-16,19-20H,8,17-18,21-22H2,1-3H3,(H,36,39)(H,37,40,41).